The molecule has 7 heteroatoms. The second-order valence-electron chi connectivity index (χ2n) is 3.03. The van der Waals surface area contributed by atoms with Crippen LogP contribution in [0.2, 0.25) is 0 Å². The number of aromatic amines is 1. The number of carbonyl (C=O) groups is 1. The Morgan fingerprint density at radius 3 is 2.75 bits per heavy atom. The molecule has 0 spiro atoms. The van der Waals surface area contributed by atoms with E-state index in [0.717, 1.165) is 13.2 Å². The van der Waals surface area contributed by atoms with Crippen LogP contribution in [0.4, 0.5) is 14.5 Å². The lowest BCUT2D eigenvalue weighted by molar-refractivity contribution is -0.139. The molecule has 0 aliphatic heterocycles. The molecule has 0 amide bonds. The second kappa shape index (κ2) is 4.73. The lowest BCUT2D eigenvalue weighted by Crippen LogP contribution is -2.17. The molecule has 0 radical (unpaired) electrons. The molecule has 1 aromatic heterocycles. The van der Waals surface area contributed by atoms with Gasteiger partial charge in [-0.05, 0) is 0 Å². The summed E-state index contributed by atoms with van der Waals surface area (Å²) in [5.74, 6) is -0.733. The van der Waals surface area contributed by atoms with Gasteiger partial charge in [0.1, 0.15) is 0 Å². The molecular formula is C9H10F2N2O3. The third-order valence-electron chi connectivity index (χ3n) is 1.96. The lowest BCUT2D eigenvalue weighted by atomic mass is 10.1. The van der Waals surface area contributed by atoms with E-state index in [4.69, 9.17) is 5.73 Å². The Morgan fingerprint density at radius 1 is 1.62 bits per heavy atom. The van der Waals surface area contributed by atoms with Crippen molar-refractivity contribution >= 4 is 11.7 Å². The number of pyridine rings is 1. The summed E-state index contributed by atoms with van der Waals surface area (Å²) in [5.41, 5.74) is 3.56. The zero-order valence-electron chi connectivity index (χ0n) is 8.42. The number of nitrogen functional groups attached to an aromatic ring is 1. The summed E-state index contributed by atoms with van der Waals surface area (Å²) in [6.45, 7) is 0. The number of esters is 1. The third kappa shape index (κ3) is 2.56. The van der Waals surface area contributed by atoms with E-state index in [0.29, 0.717) is 0 Å². The van der Waals surface area contributed by atoms with Crippen LogP contribution >= 0.6 is 0 Å². The summed E-state index contributed by atoms with van der Waals surface area (Å²) in [4.78, 5) is 24.1. The van der Waals surface area contributed by atoms with Crippen LogP contribution in [0.1, 0.15) is 17.7 Å². The highest BCUT2D eigenvalue weighted by Crippen LogP contribution is 2.26. The first-order valence-electron chi connectivity index (χ1n) is 4.32. The number of halogens is 2. The van der Waals surface area contributed by atoms with Crippen molar-refractivity contribution in [2.45, 2.75) is 12.8 Å². The van der Waals surface area contributed by atoms with Gasteiger partial charge < -0.3 is 15.5 Å². The summed E-state index contributed by atoms with van der Waals surface area (Å²) in [5, 5.41) is 0. The van der Waals surface area contributed by atoms with Gasteiger partial charge in [-0.25, -0.2) is 8.78 Å². The minimum atomic E-state index is -2.86. The molecule has 5 nitrogen and oxygen atoms in total. The molecule has 16 heavy (non-hydrogen) atoms. The highest BCUT2D eigenvalue weighted by Gasteiger charge is 2.20. The summed E-state index contributed by atoms with van der Waals surface area (Å²) < 4.78 is 29.6. The molecule has 0 aliphatic rings. The van der Waals surface area contributed by atoms with Gasteiger partial charge in [-0.15, -0.1) is 0 Å². The first-order chi connectivity index (χ1) is 7.45. The van der Waals surface area contributed by atoms with Crippen LogP contribution in [-0.2, 0) is 16.0 Å². The van der Waals surface area contributed by atoms with Crippen LogP contribution in [0.15, 0.2) is 10.9 Å². The Kier molecular flexibility index (Phi) is 3.60. The Bertz CT molecular complexity index is 457. The first kappa shape index (κ1) is 12.2. The SMILES string of the molecule is COC(=O)Cc1[nH]c(=O)cc(N)c1C(F)F. The summed E-state index contributed by atoms with van der Waals surface area (Å²) >= 11 is 0. The molecular weight excluding hydrogens is 222 g/mol. The van der Waals surface area contributed by atoms with Crippen molar-refractivity contribution in [1.29, 1.82) is 0 Å². The molecule has 0 saturated carbocycles. The van der Waals surface area contributed by atoms with Crippen LogP contribution in [-0.4, -0.2) is 18.1 Å². The number of aromatic nitrogens is 1. The maximum absolute atomic E-state index is 12.6. The number of nitrogens with two attached hydrogens (primary N) is 1. The molecule has 1 aromatic rings. The molecule has 0 saturated heterocycles. The van der Waals surface area contributed by atoms with E-state index in [-0.39, 0.29) is 11.4 Å². The molecule has 1 rings (SSSR count). The van der Waals surface area contributed by atoms with Gasteiger partial charge in [-0.2, -0.15) is 0 Å². The Morgan fingerprint density at radius 2 is 2.25 bits per heavy atom. The maximum Gasteiger partial charge on any atom is 0.311 e. The van der Waals surface area contributed by atoms with Crippen molar-refractivity contribution in [3.8, 4) is 0 Å². The highest BCUT2D eigenvalue weighted by atomic mass is 19.3. The molecule has 3 N–H and O–H groups in total. The topological polar surface area (TPSA) is 85.2 Å². The van der Waals surface area contributed by atoms with Gasteiger partial charge in [0.15, 0.2) is 0 Å². The number of methoxy groups -OCH3 is 1. The molecule has 0 bridgehead atoms. The third-order valence-corrected chi connectivity index (χ3v) is 1.96. The van der Waals surface area contributed by atoms with Gasteiger partial charge >= 0.3 is 5.97 Å². The van der Waals surface area contributed by atoms with Crippen molar-refractivity contribution in [2.75, 3.05) is 12.8 Å². The van der Waals surface area contributed by atoms with E-state index in [1.807, 2.05) is 0 Å². The number of carbonyl (C=O) groups excluding carboxylic acids is 1. The number of rotatable bonds is 3. The number of nitrogens with one attached hydrogen (secondary N) is 1. The van der Waals surface area contributed by atoms with Gasteiger partial charge in [0.2, 0.25) is 5.56 Å². The van der Waals surface area contributed by atoms with Crippen molar-refractivity contribution in [3.63, 3.8) is 0 Å². The number of H-pyrrole nitrogens is 1. The average molecular weight is 232 g/mol. The molecule has 0 atom stereocenters. The molecule has 1 heterocycles. The quantitative estimate of drug-likeness (QED) is 0.747. The van der Waals surface area contributed by atoms with Crippen LogP contribution in [0.5, 0.6) is 0 Å². The van der Waals surface area contributed by atoms with E-state index in [2.05, 4.69) is 9.72 Å². The molecule has 88 valence electrons. The van der Waals surface area contributed by atoms with Crippen molar-refractivity contribution < 1.29 is 18.3 Å². The van der Waals surface area contributed by atoms with Crippen molar-refractivity contribution in [1.82, 2.24) is 4.98 Å². The highest BCUT2D eigenvalue weighted by molar-refractivity contribution is 5.73. The van der Waals surface area contributed by atoms with Crippen LogP contribution < -0.4 is 11.3 Å². The minimum Gasteiger partial charge on any atom is -0.469 e. The van der Waals surface area contributed by atoms with Crippen LogP contribution in [0, 0.1) is 0 Å². The van der Waals surface area contributed by atoms with E-state index in [1.54, 1.807) is 0 Å². The monoisotopic (exact) mass is 232 g/mol. The van der Waals surface area contributed by atoms with Crippen LogP contribution in [0.3, 0.4) is 0 Å². The summed E-state index contributed by atoms with van der Waals surface area (Å²) in [7, 11) is 1.12. The molecule has 0 aliphatic carbocycles. The fourth-order valence-corrected chi connectivity index (χ4v) is 1.26. The van der Waals surface area contributed by atoms with Gasteiger partial charge in [-0.3, -0.25) is 9.59 Å². The van der Waals surface area contributed by atoms with Crippen LogP contribution in [0.25, 0.3) is 0 Å². The maximum atomic E-state index is 12.6. The number of hydrogen-bond donors (Lipinski definition) is 2. The van der Waals surface area contributed by atoms with Gasteiger partial charge in [0.25, 0.3) is 6.43 Å². The van der Waals surface area contributed by atoms with Crippen molar-refractivity contribution in [3.05, 3.63) is 27.7 Å². The summed E-state index contributed by atoms with van der Waals surface area (Å²) in [6.07, 6.45) is -3.31. The fraction of sp³-hybridized carbons (Fsp3) is 0.333. The standard InChI is InChI=1S/C9H10F2N2O3/c1-16-7(15)3-5-8(9(10)11)4(12)2-6(14)13-5/h2,9H,3H2,1H3,(H3,12,13,14). The number of ether oxygens (including phenoxy) is 1. The number of alkyl halides is 2. The smallest absolute Gasteiger partial charge is 0.311 e. The Balaban J connectivity index is 3.24. The van der Waals surface area contributed by atoms with Crippen molar-refractivity contribution in [2.24, 2.45) is 0 Å². The number of hydrogen-bond acceptors (Lipinski definition) is 4. The molecule has 0 fully saturated rings. The van der Waals surface area contributed by atoms with E-state index in [1.165, 1.54) is 0 Å². The second-order valence-corrected chi connectivity index (χ2v) is 3.03. The molecule has 0 aromatic carbocycles. The van der Waals surface area contributed by atoms with E-state index >= 15 is 0 Å². The summed E-state index contributed by atoms with van der Waals surface area (Å²) in [6, 6.07) is 0.849. The average Bonchev–Trinajstić information content (AvgIpc) is 2.15. The first-order valence-corrected chi connectivity index (χ1v) is 4.32. The minimum absolute atomic E-state index is 0.216. The number of anilines is 1. The fourth-order valence-electron chi connectivity index (χ4n) is 1.26. The van der Waals surface area contributed by atoms with Gasteiger partial charge in [-0.1, -0.05) is 0 Å². The van der Waals surface area contributed by atoms with E-state index < -0.39 is 29.9 Å². The van der Waals surface area contributed by atoms with Gasteiger partial charge in [0, 0.05) is 17.4 Å². The predicted octanol–water partition coefficient (Wildman–Crippen LogP) is 0.610. The zero-order valence-corrected chi connectivity index (χ0v) is 8.42. The largest absolute Gasteiger partial charge is 0.469 e. The lowest BCUT2D eigenvalue weighted by Gasteiger charge is -2.09. The Hall–Kier alpha value is -1.92. The normalized spacial score (nSPS) is 10.5. The Labute approximate surface area is 89.2 Å². The van der Waals surface area contributed by atoms with Gasteiger partial charge in [0.05, 0.1) is 19.1 Å². The van der Waals surface area contributed by atoms with E-state index in [9.17, 15) is 18.4 Å². The zero-order chi connectivity index (χ0) is 12.3. The molecule has 0 unspecified atom stereocenters. The predicted molar refractivity (Wildman–Crippen MR) is 52.2 cm³/mol.